The van der Waals surface area contributed by atoms with E-state index < -0.39 is 0 Å². The van der Waals surface area contributed by atoms with Gasteiger partial charge in [0.05, 0.1) is 19.8 Å². The van der Waals surface area contributed by atoms with Gasteiger partial charge < -0.3 is 14.6 Å². The summed E-state index contributed by atoms with van der Waals surface area (Å²) in [7, 11) is 0. The van der Waals surface area contributed by atoms with Crippen LogP contribution in [-0.2, 0) is 6.61 Å². The van der Waals surface area contributed by atoms with Crippen LogP contribution in [0.25, 0.3) is 0 Å². The first-order valence-electron chi connectivity index (χ1n) is 6.31. The van der Waals surface area contributed by atoms with Crippen molar-refractivity contribution >= 4 is 0 Å². The van der Waals surface area contributed by atoms with Gasteiger partial charge in [-0.1, -0.05) is 12.5 Å². The van der Waals surface area contributed by atoms with Crippen LogP contribution >= 0.6 is 0 Å². The van der Waals surface area contributed by atoms with Crippen LogP contribution < -0.4 is 9.47 Å². The topological polar surface area (TPSA) is 38.7 Å². The van der Waals surface area contributed by atoms with Crippen molar-refractivity contribution in [3.8, 4) is 11.5 Å². The van der Waals surface area contributed by atoms with Crippen LogP contribution in [-0.4, -0.2) is 18.3 Å². The Labute approximate surface area is 109 Å². The molecule has 3 nitrogen and oxygen atoms in total. The maximum absolute atomic E-state index is 9.26. The number of rotatable bonds is 8. The van der Waals surface area contributed by atoms with E-state index in [0.717, 1.165) is 29.7 Å². The Kier molecular flexibility index (Phi) is 6.29. The quantitative estimate of drug-likeness (QED) is 0.719. The molecule has 0 aliphatic carbocycles. The summed E-state index contributed by atoms with van der Waals surface area (Å²) in [6.07, 6.45) is 1.78. The largest absolute Gasteiger partial charge is 0.493 e. The molecule has 0 unspecified atom stereocenters. The zero-order valence-corrected chi connectivity index (χ0v) is 11.2. The Morgan fingerprint density at radius 1 is 1.28 bits per heavy atom. The van der Waals surface area contributed by atoms with E-state index in [-0.39, 0.29) is 6.61 Å². The number of ether oxygens (including phenoxy) is 2. The van der Waals surface area contributed by atoms with Gasteiger partial charge in [0.25, 0.3) is 0 Å². The summed E-state index contributed by atoms with van der Waals surface area (Å²) in [6.45, 7) is 9.09. The van der Waals surface area contributed by atoms with E-state index in [0.29, 0.717) is 19.0 Å². The first kappa shape index (κ1) is 14.6. The van der Waals surface area contributed by atoms with Crippen molar-refractivity contribution in [2.75, 3.05) is 13.2 Å². The number of hydrogen-bond acceptors (Lipinski definition) is 3. The van der Waals surface area contributed by atoms with Gasteiger partial charge in [-0.3, -0.25) is 0 Å². The van der Waals surface area contributed by atoms with Crippen molar-refractivity contribution in [3.63, 3.8) is 0 Å². The minimum atomic E-state index is -0.0313. The second kappa shape index (κ2) is 7.77. The lowest BCUT2D eigenvalue weighted by Gasteiger charge is -2.12. The van der Waals surface area contributed by atoms with Gasteiger partial charge in [0, 0.05) is 18.1 Å². The van der Waals surface area contributed by atoms with E-state index in [1.54, 1.807) is 0 Å². The summed E-state index contributed by atoms with van der Waals surface area (Å²) in [5.74, 6) is 1.46. The van der Waals surface area contributed by atoms with Crippen LogP contribution in [0.3, 0.4) is 0 Å². The second-order valence-electron chi connectivity index (χ2n) is 4.33. The van der Waals surface area contributed by atoms with Crippen LogP contribution in [0.2, 0.25) is 0 Å². The summed E-state index contributed by atoms with van der Waals surface area (Å²) in [5.41, 5.74) is 1.86. The molecule has 0 saturated heterocycles. The number of aliphatic hydroxyl groups is 1. The number of benzene rings is 1. The summed E-state index contributed by atoms with van der Waals surface area (Å²) in [6, 6.07) is 5.52. The molecule has 0 saturated carbocycles. The van der Waals surface area contributed by atoms with Gasteiger partial charge in [-0.05, 0) is 25.5 Å². The lowest BCUT2D eigenvalue weighted by molar-refractivity contribution is 0.261. The molecular weight excluding hydrogens is 228 g/mol. The third-order valence-electron chi connectivity index (χ3n) is 2.47. The van der Waals surface area contributed by atoms with Gasteiger partial charge >= 0.3 is 0 Å². The van der Waals surface area contributed by atoms with Gasteiger partial charge in [-0.15, -0.1) is 6.58 Å². The predicted molar refractivity (Wildman–Crippen MR) is 73.1 cm³/mol. The summed E-state index contributed by atoms with van der Waals surface area (Å²) in [5, 5.41) is 9.26. The Morgan fingerprint density at radius 3 is 2.67 bits per heavy atom. The molecule has 100 valence electrons. The molecule has 0 bridgehead atoms. The van der Waals surface area contributed by atoms with Crippen molar-refractivity contribution < 1.29 is 14.6 Å². The predicted octanol–water partition coefficient (Wildman–Crippen LogP) is 3.31. The maximum atomic E-state index is 9.26. The van der Waals surface area contributed by atoms with Crippen LogP contribution in [0.5, 0.6) is 11.5 Å². The molecule has 1 aromatic rings. The highest BCUT2D eigenvalue weighted by atomic mass is 16.5. The van der Waals surface area contributed by atoms with E-state index in [9.17, 15) is 5.11 Å². The first-order chi connectivity index (χ1) is 8.67. The van der Waals surface area contributed by atoms with Gasteiger partial charge in [-0.25, -0.2) is 0 Å². The molecular formula is C15H22O3. The van der Waals surface area contributed by atoms with Gasteiger partial charge in [0.2, 0.25) is 0 Å². The van der Waals surface area contributed by atoms with E-state index in [1.807, 2.05) is 25.1 Å². The fraction of sp³-hybridized carbons (Fsp3) is 0.467. The highest BCUT2D eigenvalue weighted by Gasteiger charge is 2.05. The molecule has 0 aliphatic heterocycles. The summed E-state index contributed by atoms with van der Waals surface area (Å²) in [4.78, 5) is 0. The van der Waals surface area contributed by atoms with Gasteiger partial charge in [-0.2, -0.15) is 0 Å². The van der Waals surface area contributed by atoms with Gasteiger partial charge in [0.15, 0.2) is 0 Å². The molecule has 0 amide bonds. The van der Waals surface area contributed by atoms with Crippen molar-refractivity contribution in [1.29, 1.82) is 0 Å². The standard InChI is InChI=1S/C15H22O3/c1-4-8-17-14-6-5-13(11-16)15(10-14)18-9-7-12(2)3/h5-6,10,16H,2,4,7-9,11H2,1,3H3. The third kappa shape index (κ3) is 4.80. The van der Waals surface area contributed by atoms with Crippen LogP contribution in [0.15, 0.2) is 30.4 Å². The number of hydrogen-bond donors (Lipinski definition) is 1. The summed E-state index contributed by atoms with van der Waals surface area (Å²) >= 11 is 0. The van der Waals surface area contributed by atoms with E-state index in [4.69, 9.17) is 9.47 Å². The SMILES string of the molecule is C=C(C)CCOc1cc(OCCC)ccc1CO. The fourth-order valence-electron chi connectivity index (χ4n) is 1.44. The van der Waals surface area contributed by atoms with E-state index in [2.05, 4.69) is 13.5 Å². The van der Waals surface area contributed by atoms with Crippen molar-refractivity contribution in [1.82, 2.24) is 0 Å². The lowest BCUT2D eigenvalue weighted by Crippen LogP contribution is -2.02. The molecule has 1 rings (SSSR count). The molecule has 3 heteroatoms. The average molecular weight is 250 g/mol. The van der Waals surface area contributed by atoms with Crippen LogP contribution in [0, 0.1) is 0 Å². The molecule has 0 radical (unpaired) electrons. The smallest absolute Gasteiger partial charge is 0.128 e. The van der Waals surface area contributed by atoms with Crippen molar-refractivity contribution in [2.45, 2.75) is 33.3 Å². The molecule has 0 atom stereocenters. The Hall–Kier alpha value is -1.48. The zero-order chi connectivity index (χ0) is 13.4. The number of aliphatic hydroxyl groups excluding tert-OH is 1. The van der Waals surface area contributed by atoms with Crippen LogP contribution in [0.1, 0.15) is 32.3 Å². The van der Waals surface area contributed by atoms with Crippen molar-refractivity contribution in [3.05, 3.63) is 35.9 Å². The third-order valence-corrected chi connectivity index (χ3v) is 2.47. The van der Waals surface area contributed by atoms with E-state index in [1.165, 1.54) is 0 Å². The van der Waals surface area contributed by atoms with Gasteiger partial charge in [0.1, 0.15) is 11.5 Å². The molecule has 1 N–H and O–H groups in total. The minimum Gasteiger partial charge on any atom is -0.493 e. The first-order valence-corrected chi connectivity index (χ1v) is 6.31. The molecule has 18 heavy (non-hydrogen) atoms. The molecule has 0 spiro atoms. The Morgan fingerprint density at radius 2 is 2.06 bits per heavy atom. The lowest BCUT2D eigenvalue weighted by atomic mass is 10.2. The second-order valence-corrected chi connectivity index (χ2v) is 4.33. The Bertz CT molecular complexity index is 385. The average Bonchev–Trinajstić information content (AvgIpc) is 2.36. The maximum Gasteiger partial charge on any atom is 0.128 e. The highest BCUT2D eigenvalue weighted by Crippen LogP contribution is 2.25. The molecule has 0 aliphatic rings. The molecule has 0 aromatic heterocycles. The van der Waals surface area contributed by atoms with Crippen LogP contribution in [0.4, 0.5) is 0 Å². The monoisotopic (exact) mass is 250 g/mol. The van der Waals surface area contributed by atoms with E-state index >= 15 is 0 Å². The highest BCUT2D eigenvalue weighted by molar-refractivity contribution is 5.40. The minimum absolute atomic E-state index is 0.0313. The fourth-order valence-corrected chi connectivity index (χ4v) is 1.44. The molecule has 1 aromatic carbocycles. The molecule has 0 fully saturated rings. The zero-order valence-electron chi connectivity index (χ0n) is 11.2. The van der Waals surface area contributed by atoms with Crippen molar-refractivity contribution in [2.24, 2.45) is 0 Å². The summed E-state index contributed by atoms with van der Waals surface area (Å²) < 4.78 is 11.2. The normalized spacial score (nSPS) is 10.2. The Balaban J connectivity index is 2.68. The molecule has 0 heterocycles.